The minimum Gasteiger partial charge on any atom is -0.369 e. The maximum absolute atomic E-state index is 4.45. The second-order valence-electron chi connectivity index (χ2n) is 3.61. The number of nitrogens with zero attached hydrogens (tertiary/aromatic N) is 3. The van der Waals surface area contributed by atoms with Crippen LogP contribution in [0.2, 0.25) is 0 Å². The third-order valence-corrected chi connectivity index (χ3v) is 2.84. The summed E-state index contributed by atoms with van der Waals surface area (Å²) in [6.07, 6.45) is 3.54. The number of aromatic nitrogens is 3. The Morgan fingerprint density at radius 2 is 2.06 bits per heavy atom. The van der Waals surface area contributed by atoms with Crippen LogP contribution < -0.4 is 5.32 Å². The fraction of sp³-hybridized carbons (Fsp3) is 0.250. The third-order valence-electron chi connectivity index (χ3n) is 2.26. The number of nitrogens with one attached hydrogen (secondary N) is 1. The molecule has 2 aromatic rings. The molecule has 1 N–H and O–H groups in total. The molecule has 0 fully saturated rings. The molecule has 5 heteroatoms. The second kappa shape index (κ2) is 5.23. The van der Waals surface area contributed by atoms with Crippen molar-refractivity contribution in [3.63, 3.8) is 0 Å². The van der Waals surface area contributed by atoms with Gasteiger partial charge in [-0.25, -0.2) is 9.97 Å². The number of anilines is 1. The summed E-state index contributed by atoms with van der Waals surface area (Å²) in [7, 11) is 0. The SMILES string of the molecule is CCNc1nc(-c2ccc(C)nc2)ncc1Br. The van der Waals surface area contributed by atoms with Crippen molar-refractivity contribution in [3.05, 3.63) is 34.7 Å². The molecule has 0 aliphatic rings. The maximum atomic E-state index is 4.45. The van der Waals surface area contributed by atoms with E-state index in [0.717, 1.165) is 28.1 Å². The first-order valence-electron chi connectivity index (χ1n) is 5.40. The number of halogens is 1. The van der Waals surface area contributed by atoms with Gasteiger partial charge in [0.15, 0.2) is 5.82 Å². The van der Waals surface area contributed by atoms with E-state index in [1.54, 1.807) is 12.4 Å². The highest BCUT2D eigenvalue weighted by Crippen LogP contribution is 2.22. The summed E-state index contributed by atoms with van der Waals surface area (Å²) < 4.78 is 0.864. The summed E-state index contributed by atoms with van der Waals surface area (Å²) in [4.78, 5) is 13.0. The van der Waals surface area contributed by atoms with E-state index in [-0.39, 0.29) is 0 Å². The van der Waals surface area contributed by atoms with E-state index in [9.17, 15) is 0 Å². The van der Waals surface area contributed by atoms with Crippen molar-refractivity contribution in [2.24, 2.45) is 0 Å². The van der Waals surface area contributed by atoms with Gasteiger partial charge in [0, 0.05) is 30.2 Å². The first-order chi connectivity index (χ1) is 8.20. The quantitative estimate of drug-likeness (QED) is 0.945. The minimum atomic E-state index is 0.677. The van der Waals surface area contributed by atoms with Crippen molar-refractivity contribution < 1.29 is 0 Å². The van der Waals surface area contributed by atoms with Crippen molar-refractivity contribution in [2.75, 3.05) is 11.9 Å². The molecular weight excluding hydrogens is 280 g/mol. The van der Waals surface area contributed by atoms with E-state index >= 15 is 0 Å². The van der Waals surface area contributed by atoms with Crippen LogP contribution in [-0.4, -0.2) is 21.5 Å². The lowest BCUT2D eigenvalue weighted by Gasteiger charge is -2.07. The fourth-order valence-corrected chi connectivity index (χ4v) is 1.73. The molecule has 2 aromatic heterocycles. The molecule has 0 saturated heterocycles. The van der Waals surface area contributed by atoms with E-state index in [0.29, 0.717) is 5.82 Å². The Hall–Kier alpha value is -1.49. The van der Waals surface area contributed by atoms with Crippen molar-refractivity contribution in [1.29, 1.82) is 0 Å². The summed E-state index contributed by atoms with van der Waals surface area (Å²) >= 11 is 3.41. The molecule has 0 aliphatic carbocycles. The third kappa shape index (κ3) is 2.79. The Labute approximate surface area is 109 Å². The Morgan fingerprint density at radius 3 is 2.71 bits per heavy atom. The van der Waals surface area contributed by atoms with Gasteiger partial charge < -0.3 is 5.32 Å². The fourth-order valence-electron chi connectivity index (χ4n) is 1.40. The predicted octanol–water partition coefficient (Wildman–Crippen LogP) is 3.04. The second-order valence-corrected chi connectivity index (χ2v) is 4.46. The average Bonchev–Trinajstić information content (AvgIpc) is 2.33. The van der Waals surface area contributed by atoms with Crippen LogP contribution in [0.1, 0.15) is 12.6 Å². The highest BCUT2D eigenvalue weighted by Gasteiger charge is 2.06. The number of hydrogen-bond donors (Lipinski definition) is 1. The zero-order chi connectivity index (χ0) is 12.3. The topological polar surface area (TPSA) is 50.7 Å². The van der Waals surface area contributed by atoms with Gasteiger partial charge >= 0.3 is 0 Å². The van der Waals surface area contributed by atoms with E-state index in [1.165, 1.54) is 0 Å². The molecule has 2 rings (SSSR count). The van der Waals surface area contributed by atoms with Gasteiger partial charge in [0.1, 0.15) is 5.82 Å². The van der Waals surface area contributed by atoms with Crippen molar-refractivity contribution in [2.45, 2.75) is 13.8 Å². The van der Waals surface area contributed by atoms with Crippen LogP contribution in [0.4, 0.5) is 5.82 Å². The lowest BCUT2D eigenvalue weighted by atomic mass is 10.2. The predicted molar refractivity (Wildman–Crippen MR) is 71.9 cm³/mol. The minimum absolute atomic E-state index is 0.677. The van der Waals surface area contributed by atoms with Crippen LogP contribution in [0, 0.1) is 6.92 Å². The van der Waals surface area contributed by atoms with Crippen LogP contribution in [0.5, 0.6) is 0 Å². The highest BCUT2D eigenvalue weighted by atomic mass is 79.9. The summed E-state index contributed by atoms with van der Waals surface area (Å²) in [5.41, 5.74) is 1.90. The van der Waals surface area contributed by atoms with Crippen LogP contribution in [-0.2, 0) is 0 Å². The van der Waals surface area contributed by atoms with Gasteiger partial charge in [0.2, 0.25) is 0 Å². The molecule has 88 valence electrons. The van der Waals surface area contributed by atoms with Gasteiger partial charge in [-0.2, -0.15) is 0 Å². The molecule has 0 aliphatic heterocycles. The van der Waals surface area contributed by atoms with Gasteiger partial charge in [0.05, 0.1) is 4.47 Å². The lowest BCUT2D eigenvalue weighted by molar-refractivity contribution is 1.10. The normalized spacial score (nSPS) is 10.3. The summed E-state index contributed by atoms with van der Waals surface area (Å²) in [5.74, 6) is 1.48. The number of aryl methyl sites for hydroxylation is 1. The molecule has 0 radical (unpaired) electrons. The molecule has 17 heavy (non-hydrogen) atoms. The van der Waals surface area contributed by atoms with Crippen molar-refractivity contribution in [3.8, 4) is 11.4 Å². The van der Waals surface area contributed by atoms with E-state index in [2.05, 4.69) is 36.2 Å². The molecule has 2 heterocycles. The largest absolute Gasteiger partial charge is 0.369 e. The van der Waals surface area contributed by atoms with Gasteiger partial charge in [0.25, 0.3) is 0 Å². The Bertz CT molecular complexity index is 510. The van der Waals surface area contributed by atoms with Gasteiger partial charge in [-0.15, -0.1) is 0 Å². The van der Waals surface area contributed by atoms with Crippen molar-refractivity contribution in [1.82, 2.24) is 15.0 Å². The maximum Gasteiger partial charge on any atom is 0.163 e. The first-order valence-corrected chi connectivity index (χ1v) is 6.19. The van der Waals surface area contributed by atoms with Crippen LogP contribution >= 0.6 is 15.9 Å². The lowest BCUT2D eigenvalue weighted by Crippen LogP contribution is -2.02. The molecule has 0 aromatic carbocycles. The van der Waals surface area contributed by atoms with Gasteiger partial charge in [-0.1, -0.05) is 0 Å². The zero-order valence-electron chi connectivity index (χ0n) is 9.74. The number of pyridine rings is 1. The number of hydrogen-bond acceptors (Lipinski definition) is 4. The molecule has 0 saturated carbocycles. The average molecular weight is 293 g/mol. The van der Waals surface area contributed by atoms with Gasteiger partial charge in [-0.3, -0.25) is 4.98 Å². The molecule has 0 bridgehead atoms. The van der Waals surface area contributed by atoms with Gasteiger partial charge in [-0.05, 0) is 41.9 Å². The molecule has 0 atom stereocenters. The molecule has 0 unspecified atom stereocenters. The zero-order valence-corrected chi connectivity index (χ0v) is 11.3. The summed E-state index contributed by atoms with van der Waals surface area (Å²) in [6, 6.07) is 3.93. The molecular formula is C12H13BrN4. The van der Waals surface area contributed by atoms with Crippen LogP contribution in [0.3, 0.4) is 0 Å². The Balaban J connectivity index is 2.39. The first kappa shape index (κ1) is 12.0. The number of rotatable bonds is 3. The van der Waals surface area contributed by atoms with E-state index in [1.807, 2.05) is 26.0 Å². The van der Waals surface area contributed by atoms with Crippen molar-refractivity contribution >= 4 is 21.7 Å². The molecule has 0 amide bonds. The van der Waals surface area contributed by atoms with E-state index < -0.39 is 0 Å². The standard InChI is InChI=1S/C12H13BrN4/c1-3-14-12-10(13)7-16-11(17-12)9-5-4-8(2)15-6-9/h4-7H,3H2,1-2H3,(H,14,16,17). The van der Waals surface area contributed by atoms with Crippen LogP contribution in [0.25, 0.3) is 11.4 Å². The van der Waals surface area contributed by atoms with E-state index in [4.69, 9.17) is 0 Å². The van der Waals surface area contributed by atoms with Crippen LogP contribution in [0.15, 0.2) is 29.0 Å². The Kier molecular flexibility index (Phi) is 3.68. The summed E-state index contributed by atoms with van der Waals surface area (Å²) in [5, 5.41) is 3.18. The molecule has 0 spiro atoms. The highest BCUT2D eigenvalue weighted by molar-refractivity contribution is 9.10. The Morgan fingerprint density at radius 1 is 1.24 bits per heavy atom. The monoisotopic (exact) mass is 292 g/mol. The molecule has 4 nitrogen and oxygen atoms in total. The summed E-state index contributed by atoms with van der Waals surface area (Å²) in [6.45, 7) is 4.80. The smallest absolute Gasteiger partial charge is 0.163 e.